The quantitative estimate of drug-likeness (QED) is 0.492. The number of benzene rings is 1. The van der Waals surface area contributed by atoms with Crippen LogP contribution < -0.4 is 15.5 Å². The highest BCUT2D eigenvalue weighted by Crippen LogP contribution is 2.28. The predicted octanol–water partition coefficient (Wildman–Crippen LogP) is 2.81. The molecule has 0 aliphatic carbocycles. The largest absolute Gasteiger partial charge is 0.493 e. The van der Waals surface area contributed by atoms with Crippen LogP contribution in [0.1, 0.15) is 25.5 Å². The first-order chi connectivity index (χ1) is 11.7. The summed E-state index contributed by atoms with van der Waals surface area (Å²) in [4.78, 5) is 0. The molecule has 2 N–H and O–H groups in total. The van der Waals surface area contributed by atoms with Crippen LogP contribution >= 0.6 is 12.2 Å². The Morgan fingerprint density at radius 1 is 1.46 bits per heavy atom. The zero-order valence-electron chi connectivity index (χ0n) is 13.8. The summed E-state index contributed by atoms with van der Waals surface area (Å²) in [5.74, 6) is 1.37. The van der Waals surface area contributed by atoms with E-state index in [1.54, 1.807) is 7.11 Å². The molecule has 0 unspecified atom stereocenters. The standard InChI is InChI=1S/C17H21N3O3S/c1-11(19-20-17(24)18-10-13-6-4-8-22-13)15-9-12-5-3-7-14(21-2)16(12)23-15/h3,5,7,9,13H,4,6,8,10H2,1-2H3,(H2,18,20,24)/b19-11-/t13-/m1/s1. The fourth-order valence-corrected chi connectivity index (χ4v) is 2.75. The van der Waals surface area contributed by atoms with E-state index in [1.807, 2.05) is 31.2 Å². The molecule has 1 fully saturated rings. The highest BCUT2D eigenvalue weighted by atomic mass is 32.1. The fourth-order valence-electron chi connectivity index (χ4n) is 2.62. The Morgan fingerprint density at radius 2 is 2.33 bits per heavy atom. The van der Waals surface area contributed by atoms with Crippen molar-refractivity contribution in [3.8, 4) is 5.75 Å². The molecule has 3 rings (SSSR count). The maximum absolute atomic E-state index is 5.85. The number of ether oxygens (including phenoxy) is 2. The van der Waals surface area contributed by atoms with Crippen LogP contribution in [0.15, 0.2) is 33.8 Å². The van der Waals surface area contributed by atoms with Gasteiger partial charge in [0.05, 0.1) is 13.2 Å². The fraction of sp³-hybridized carbons (Fsp3) is 0.412. The summed E-state index contributed by atoms with van der Waals surface area (Å²) in [6.07, 6.45) is 2.41. The SMILES string of the molecule is COc1cccc2cc(/C(C)=N\NC(=S)NC[C@H]3CCCO3)oc12. The number of methoxy groups -OCH3 is 1. The van der Waals surface area contributed by atoms with Gasteiger partial charge in [0.1, 0.15) is 5.71 Å². The number of hydrogen-bond donors (Lipinski definition) is 2. The first-order valence-corrected chi connectivity index (χ1v) is 8.35. The first-order valence-electron chi connectivity index (χ1n) is 7.94. The number of rotatable bonds is 5. The number of nitrogens with zero attached hydrogens (tertiary/aromatic N) is 1. The number of para-hydroxylation sites is 1. The highest BCUT2D eigenvalue weighted by Gasteiger charge is 2.15. The van der Waals surface area contributed by atoms with Gasteiger partial charge < -0.3 is 19.2 Å². The minimum Gasteiger partial charge on any atom is -0.493 e. The smallest absolute Gasteiger partial charge is 0.187 e. The third-order valence-corrected chi connectivity index (χ3v) is 4.16. The van der Waals surface area contributed by atoms with E-state index in [1.165, 1.54) is 0 Å². The topological polar surface area (TPSA) is 68.0 Å². The Kier molecular flexibility index (Phi) is 5.32. The average Bonchev–Trinajstić information content (AvgIpc) is 3.26. The normalized spacial score (nSPS) is 17.9. The minimum atomic E-state index is 0.234. The number of thiocarbonyl (C=S) groups is 1. The van der Waals surface area contributed by atoms with Crippen LogP contribution in [0, 0.1) is 0 Å². The third-order valence-electron chi connectivity index (χ3n) is 3.92. The van der Waals surface area contributed by atoms with Crippen LogP contribution in [0.2, 0.25) is 0 Å². The minimum absolute atomic E-state index is 0.234. The molecule has 0 saturated carbocycles. The summed E-state index contributed by atoms with van der Waals surface area (Å²) in [7, 11) is 1.62. The van der Waals surface area contributed by atoms with Gasteiger partial charge in [-0.3, -0.25) is 5.43 Å². The van der Waals surface area contributed by atoms with Gasteiger partial charge in [-0.2, -0.15) is 5.10 Å². The van der Waals surface area contributed by atoms with Crippen molar-refractivity contribution in [2.24, 2.45) is 5.10 Å². The Bertz CT molecular complexity index is 751. The maximum atomic E-state index is 5.85. The molecule has 0 radical (unpaired) electrons. The third kappa shape index (κ3) is 3.85. The molecule has 1 atom stereocenters. The lowest BCUT2D eigenvalue weighted by molar-refractivity contribution is 0.114. The molecule has 2 aromatic rings. The number of hydrogen-bond acceptors (Lipinski definition) is 5. The maximum Gasteiger partial charge on any atom is 0.187 e. The summed E-state index contributed by atoms with van der Waals surface area (Å²) in [6, 6.07) is 7.69. The number of hydrazone groups is 1. The van der Waals surface area contributed by atoms with Gasteiger partial charge in [0.2, 0.25) is 0 Å². The summed E-state index contributed by atoms with van der Waals surface area (Å²) in [5.41, 5.74) is 4.25. The molecule has 24 heavy (non-hydrogen) atoms. The van der Waals surface area contributed by atoms with Crippen LogP contribution in [-0.4, -0.2) is 37.2 Å². The van der Waals surface area contributed by atoms with Crippen molar-refractivity contribution in [2.45, 2.75) is 25.9 Å². The van der Waals surface area contributed by atoms with Crippen molar-refractivity contribution >= 4 is 34.0 Å². The number of nitrogens with one attached hydrogen (secondary N) is 2. The molecule has 1 aromatic heterocycles. The molecule has 1 aromatic carbocycles. The van der Waals surface area contributed by atoms with Crippen molar-refractivity contribution in [3.05, 3.63) is 30.0 Å². The molecular formula is C17H21N3O3S. The first kappa shape index (κ1) is 16.7. The summed E-state index contributed by atoms with van der Waals surface area (Å²) in [6.45, 7) is 3.39. The van der Waals surface area contributed by atoms with Crippen molar-refractivity contribution in [1.82, 2.24) is 10.7 Å². The van der Waals surface area contributed by atoms with Gasteiger partial charge in [0, 0.05) is 18.5 Å². The molecule has 1 aliphatic heterocycles. The predicted molar refractivity (Wildman–Crippen MR) is 97.7 cm³/mol. The van der Waals surface area contributed by atoms with Crippen molar-refractivity contribution < 1.29 is 13.9 Å². The number of furan rings is 1. The van der Waals surface area contributed by atoms with Crippen LogP contribution in [0.4, 0.5) is 0 Å². The average molecular weight is 347 g/mol. The molecule has 1 saturated heterocycles. The van der Waals surface area contributed by atoms with E-state index in [0.29, 0.717) is 34.5 Å². The molecule has 7 heteroatoms. The molecule has 0 spiro atoms. The second-order valence-corrected chi connectivity index (χ2v) is 6.05. The van der Waals surface area contributed by atoms with E-state index in [2.05, 4.69) is 15.8 Å². The van der Waals surface area contributed by atoms with E-state index in [9.17, 15) is 0 Å². The molecule has 1 aliphatic rings. The van der Waals surface area contributed by atoms with E-state index < -0.39 is 0 Å². The van der Waals surface area contributed by atoms with Crippen LogP contribution in [0.25, 0.3) is 11.0 Å². The zero-order chi connectivity index (χ0) is 16.9. The Morgan fingerprint density at radius 3 is 3.08 bits per heavy atom. The molecule has 0 amide bonds. The molecule has 2 heterocycles. The summed E-state index contributed by atoms with van der Waals surface area (Å²) >= 11 is 5.23. The molecule has 128 valence electrons. The monoisotopic (exact) mass is 347 g/mol. The lowest BCUT2D eigenvalue weighted by Crippen LogP contribution is -2.37. The van der Waals surface area contributed by atoms with Gasteiger partial charge >= 0.3 is 0 Å². The van der Waals surface area contributed by atoms with Crippen LogP contribution in [-0.2, 0) is 4.74 Å². The van der Waals surface area contributed by atoms with Gasteiger partial charge in [-0.1, -0.05) is 12.1 Å². The van der Waals surface area contributed by atoms with Gasteiger partial charge in [0.15, 0.2) is 22.2 Å². The van der Waals surface area contributed by atoms with E-state index in [0.717, 1.165) is 24.8 Å². The second-order valence-electron chi connectivity index (χ2n) is 5.64. The van der Waals surface area contributed by atoms with Crippen molar-refractivity contribution in [1.29, 1.82) is 0 Å². The Balaban J connectivity index is 1.61. The second kappa shape index (κ2) is 7.63. The zero-order valence-corrected chi connectivity index (χ0v) is 14.6. The summed E-state index contributed by atoms with van der Waals surface area (Å²) in [5, 5.41) is 8.83. The van der Waals surface area contributed by atoms with Gasteiger partial charge in [-0.15, -0.1) is 0 Å². The van der Waals surface area contributed by atoms with Crippen molar-refractivity contribution in [3.63, 3.8) is 0 Å². The van der Waals surface area contributed by atoms with Gasteiger partial charge in [-0.25, -0.2) is 0 Å². The van der Waals surface area contributed by atoms with Crippen LogP contribution in [0.3, 0.4) is 0 Å². The summed E-state index contributed by atoms with van der Waals surface area (Å²) < 4.78 is 16.7. The highest BCUT2D eigenvalue weighted by molar-refractivity contribution is 7.80. The lowest BCUT2D eigenvalue weighted by Gasteiger charge is -2.12. The van der Waals surface area contributed by atoms with E-state index in [4.69, 9.17) is 26.1 Å². The Labute approximate surface area is 146 Å². The number of fused-ring (bicyclic) bond motifs is 1. The molecule has 0 bridgehead atoms. The van der Waals surface area contributed by atoms with E-state index in [-0.39, 0.29) is 6.10 Å². The lowest BCUT2D eigenvalue weighted by atomic mass is 10.2. The van der Waals surface area contributed by atoms with Crippen molar-refractivity contribution in [2.75, 3.05) is 20.3 Å². The van der Waals surface area contributed by atoms with Crippen LogP contribution in [0.5, 0.6) is 5.75 Å². The molecular weight excluding hydrogens is 326 g/mol. The Hall–Kier alpha value is -2.12. The molecule has 6 nitrogen and oxygen atoms in total. The van der Waals surface area contributed by atoms with E-state index >= 15 is 0 Å². The van der Waals surface area contributed by atoms with Gasteiger partial charge in [-0.05, 0) is 44.1 Å². The van der Waals surface area contributed by atoms with Gasteiger partial charge in [0.25, 0.3) is 0 Å².